The summed E-state index contributed by atoms with van der Waals surface area (Å²) in [5.74, 6) is 2.24. The smallest absolute Gasteiger partial charge is 0.241 e. The molecule has 0 bridgehead atoms. The Kier molecular flexibility index (Phi) is 3.89. The largest absolute Gasteiger partial charge is 0.338 e. The van der Waals surface area contributed by atoms with Crippen molar-refractivity contribution >= 4 is 0 Å². The molecule has 3 heterocycles. The third kappa shape index (κ3) is 2.77. The van der Waals surface area contributed by atoms with E-state index in [4.69, 9.17) is 4.52 Å². The molecule has 0 unspecified atom stereocenters. The van der Waals surface area contributed by atoms with Crippen LogP contribution in [-0.4, -0.2) is 32.6 Å². The van der Waals surface area contributed by atoms with Crippen molar-refractivity contribution in [3.8, 4) is 11.4 Å². The van der Waals surface area contributed by atoms with Crippen molar-refractivity contribution in [2.24, 2.45) is 5.92 Å². The van der Waals surface area contributed by atoms with Gasteiger partial charge in [0, 0.05) is 24.0 Å². The molecule has 0 radical (unpaired) electrons. The number of fused-ring (bicyclic) bond motifs is 1. The lowest BCUT2D eigenvalue weighted by molar-refractivity contribution is 0.0466. The maximum Gasteiger partial charge on any atom is 0.241 e. The molecule has 116 valence electrons. The van der Waals surface area contributed by atoms with Gasteiger partial charge in [0.2, 0.25) is 11.7 Å². The molecule has 0 amide bonds. The lowest BCUT2D eigenvalue weighted by Gasteiger charge is -2.43. The predicted octanol–water partition coefficient (Wildman–Crippen LogP) is 3.29. The molecular weight excluding hydrogens is 276 g/mol. The second-order valence-corrected chi connectivity index (χ2v) is 6.48. The summed E-state index contributed by atoms with van der Waals surface area (Å²) >= 11 is 0. The summed E-state index contributed by atoms with van der Waals surface area (Å²) in [6.07, 6.45) is 11.7. The van der Waals surface area contributed by atoms with Crippen LogP contribution < -0.4 is 0 Å². The van der Waals surface area contributed by atoms with Gasteiger partial charge >= 0.3 is 0 Å². The zero-order valence-corrected chi connectivity index (χ0v) is 12.8. The van der Waals surface area contributed by atoms with Crippen LogP contribution in [0.2, 0.25) is 0 Å². The Hall–Kier alpha value is -1.75. The van der Waals surface area contributed by atoms with Crippen molar-refractivity contribution in [3.05, 3.63) is 30.4 Å². The molecule has 1 aliphatic heterocycles. The fraction of sp³-hybridized carbons (Fsp3) is 0.588. The van der Waals surface area contributed by atoms with Gasteiger partial charge in [0.25, 0.3) is 0 Å². The predicted molar refractivity (Wildman–Crippen MR) is 82.9 cm³/mol. The van der Waals surface area contributed by atoms with Gasteiger partial charge in [0.05, 0.1) is 6.54 Å². The molecule has 4 rings (SSSR count). The molecule has 0 N–H and O–H groups in total. The van der Waals surface area contributed by atoms with Gasteiger partial charge in [-0.2, -0.15) is 4.98 Å². The Morgan fingerprint density at radius 3 is 3.00 bits per heavy atom. The van der Waals surface area contributed by atoms with Crippen LogP contribution in [0, 0.1) is 5.92 Å². The van der Waals surface area contributed by atoms with Crippen LogP contribution in [0.3, 0.4) is 0 Å². The van der Waals surface area contributed by atoms with E-state index in [9.17, 15) is 0 Å². The number of hydrogen-bond donors (Lipinski definition) is 0. The summed E-state index contributed by atoms with van der Waals surface area (Å²) in [7, 11) is 0. The summed E-state index contributed by atoms with van der Waals surface area (Å²) in [5.41, 5.74) is 0.909. The molecule has 1 aliphatic carbocycles. The maximum atomic E-state index is 5.47. The van der Waals surface area contributed by atoms with Crippen molar-refractivity contribution in [1.82, 2.24) is 20.0 Å². The van der Waals surface area contributed by atoms with Crippen LogP contribution in [-0.2, 0) is 6.54 Å². The molecule has 0 aromatic carbocycles. The van der Waals surface area contributed by atoms with E-state index in [1.54, 1.807) is 12.4 Å². The van der Waals surface area contributed by atoms with E-state index in [0.717, 1.165) is 36.5 Å². The van der Waals surface area contributed by atoms with E-state index >= 15 is 0 Å². The van der Waals surface area contributed by atoms with Crippen LogP contribution in [0.15, 0.2) is 29.0 Å². The van der Waals surface area contributed by atoms with Gasteiger partial charge in [-0.15, -0.1) is 0 Å². The van der Waals surface area contributed by atoms with Gasteiger partial charge < -0.3 is 4.52 Å². The van der Waals surface area contributed by atoms with E-state index in [2.05, 4.69) is 20.0 Å². The molecule has 1 saturated carbocycles. The Bertz CT molecular complexity index is 610. The normalized spacial score (nSPS) is 25.8. The number of likely N-dealkylation sites (tertiary alicyclic amines) is 1. The van der Waals surface area contributed by atoms with Gasteiger partial charge in [-0.3, -0.25) is 9.88 Å². The fourth-order valence-electron chi connectivity index (χ4n) is 4.03. The summed E-state index contributed by atoms with van der Waals surface area (Å²) in [6, 6.07) is 4.57. The summed E-state index contributed by atoms with van der Waals surface area (Å²) in [6.45, 7) is 1.94. The minimum atomic E-state index is 0.639. The molecule has 22 heavy (non-hydrogen) atoms. The minimum Gasteiger partial charge on any atom is -0.338 e. The fourth-order valence-corrected chi connectivity index (χ4v) is 4.03. The van der Waals surface area contributed by atoms with Gasteiger partial charge in [-0.1, -0.05) is 18.0 Å². The number of rotatable bonds is 3. The highest BCUT2D eigenvalue weighted by atomic mass is 16.5. The van der Waals surface area contributed by atoms with Crippen molar-refractivity contribution < 1.29 is 4.52 Å². The van der Waals surface area contributed by atoms with Crippen LogP contribution >= 0.6 is 0 Å². The Morgan fingerprint density at radius 1 is 1.18 bits per heavy atom. The topological polar surface area (TPSA) is 55.1 Å². The summed E-state index contributed by atoms with van der Waals surface area (Å²) in [5, 5.41) is 4.10. The van der Waals surface area contributed by atoms with Gasteiger partial charge in [0.1, 0.15) is 0 Å². The maximum absolute atomic E-state index is 5.47. The second kappa shape index (κ2) is 6.16. The Labute approximate surface area is 130 Å². The molecule has 1 saturated heterocycles. The zero-order valence-electron chi connectivity index (χ0n) is 12.8. The highest BCUT2D eigenvalue weighted by Crippen LogP contribution is 2.35. The summed E-state index contributed by atoms with van der Waals surface area (Å²) < 4.78 is 5.47. The molecule has 2 aromatic rings. The first-order valence-electron chi connectivity index (χ1n) is 8.37. The van der Waals surface area contributed by atoms with Crippen molar-refractivity contribution in [3.63, 3.8) is 0 Å². The van der Waals surface area contributed by atoms with E-state index in [-0.39, 0.29) is 0 Å². The van der Waals surface area contributed by atoms with Gasteiger partial charge in [-0.05, 0) is 50.3 Å². The highest BCUT2D eigenvalue weighted by Gasteiger charge is 2.33. The second-order valence-electron chi connectivity index (χ2n) is 6.48. The van der Waals surface area contributed by atoms with E-state index in [0.29, 0.717) is 5.82 Å². The zero-order chi connectivity index (χ0) is 14.8. The molecule has 5 nitrogen and oxygen atoms in total. The van der Waals surface area contributed by atoms with E-state index in [1.807, 2.05) is 12.1 Å². The number of nitrogens with zero attached hydrogens (tertiary/aromatic N) is 4. The van der Waals surface area contributed by atoms with Crippen LogP contribution in [0.1, 0.15) is 44.4 Å². The van der Waals surface area contributed by atoms with Crippen molar-refractivity contribution in [2.45, 2.75) is 51.1 Å². The monoisotopic (exact) mass is 298 g/mol. The number of hydrogen-bond acceptors (Lipinski definition) is 5. The third-order valence-electron chi connectivity index (χ3n) is 5.08. The molecule has 0 spiro atoms. The molecule has 5 heteroatoms. The van der Waals surface area contributed by atoms with Crippen LogP contribution in [0.5, 0.6) is 0 Å². The Morgan fingerprint density at radius 2 is 2.09 bits per heavy atom. The quantitative estimate of drug-likeness (QED) is 0.870. The molecule has 2 fully saturated rings. The van der Waals surface area contributed by atoms with Crippen molar-refractivity contribution in [2.75, 3.05) is 6.54 Å². The molecular formula is C17H22N4O. The SMILES string of the molecule is c1cncc(-c2noc(CN3CCC[C@@H]4CCCC[C@H]43)n2)c1. The average Bonchev–Trinajstić information content (AvgIpc) is 3.05. The molecule has 2 atom stereocenters. The van der Waals surface area contributed by atoms with Crippen molar-refractivity contribution in [1.29, 1.82) is 0 Å². The number of pyridine rings is 1. The molecule has 2 aromatic heterocycles. The summed E-state index contributed by atoms with van der Waals surface area (Å²) in [4.78, 5) is 11.2. The van der Waals surface area contributed by atoms with Gasteiger partial charge in [0.15, 0.2) is 0 Å². The lowest BCUT2D eigenvalue weighted by Crippen LogP contribution is -2.46. The number of aromatic nitrogens is 3. The van der Waals surface area contributed by atoms with E-state index in [1.165, 1.54) is 38.5 Å². The number of piperidine rings is 1. The van der Waals surface area contributed by atoms with Gasteiger partial charge in [-0.25, -0.2) is 0 Å². The Balaban J connectivity index is 1.48. The highest BCUT2D eigenvalue weighted by molar-refractivity contribution is 5.51. The standard InChI is InChI=1S/C17H22N4O/c1-2-8-15-13(5-1)7-4-10-21(15)12-16-19-17(20-22-16)14-6-3-9-18-11-14/h3,6,9,11,13,15H,1-2,4-5,7-8,10,12H2/t13-,15+/m0/s1. The van der Waals surface area contributed by atoms with Crippen LogP contribution in [0.25, 0.3) is 11.4 Å². The molecule has 2 aliphatic rings. The minimum absolute atomic E-state index is 0.639. The first-order valence-corrected chi connectivity index (χ1v) is 8.37. The first-order chi connectivity index (χ1) is 10.9. The average molecular weight is 298 g/mol. The first kappa shape index (κ1) is 13.9. The van der Waals surface area contributed by atoms with E-state index < -0.39 is 0 Å². The lowest BCUT2D eigenvalue weighted by atomic mass is 9.78. The van der Waals surface area contributed by atoms with Crippen LogP contribution in [0.4, 0.5) is 0 Å². The third-order valence-corrected chi connectivity index (χ3v) is 5.08.